The molecule has 0 amide bonds. The molecule has 104 valence electrons. The van der Waals surface area contributed by atoms with Gasteiger partial charge in [0.15, 0.2) is 0 Å². The van der Waals surface area contributed by atoms with Crippen molar-refractivity contribution in [1.82, 2.24) is 0 Å². The van der Waals surface area contributed by atoms with Crippen LogP contribution in [0.4, 0.5) is 0 Å². The molecule has 2 radical (unpaired) electrons. The fourth-order valence-corrected chi connectivity index (χ4v) is 1.90. The molecule has 0 rings (SSSR count). The SMILES string of the molecule is CC(C)CCOC(C)(C)[B][B]C(C)CC(C)(C)N. The summed E-state index contributed by atoms with van der Waals surface area (Å²) < 4.78 is 5.90. The van der Waals surface area contributed by atoms with Gasteiger partial charge < -0.3 is 10.5 Å². The van der Waals surface area contributed by atoms with Crippen molar-refractivity contribution in [1.29, 1.82) is 0 Å². The fourth-order valence-electron chi connectivity index (χ4n) is 1.90. The van der Waals surface area contributed by atoms with Gasteiger partial charge in [-0.25, -0.2) is 0 Å². The highest BCUT2D eigenvalue weighted by atomic mass is 16.5. The molecular weight excluding hydrogens is 220 g/mol. The van der Waals surface area contributed by atoms with E-state index in [9.17, 15) is 0 Å². The maximum Gasteiger partial charge on any atom is 0.109 e. The van der Waals surface area contributed by atoms with Crippen LogP contribution < -0.4 is 5.73 Å². The van der Waals surface area contributed by atoms with Gasteiger partial charge in [0.05, 0.1) is 7.17 Å². The lowest BCUT2D eigenvalue weighted by molar-refractivity contribution is 0.0380. The van der Waals surface area contributed by atoms with Gasteiger partial charge in [-0.3, -0.25) is 0 Å². The average Bonchev–Trinajstić information content (AvgIpc) is 2.11. The molecule has 0 saturated carbocycles. The Labute approximate surface area is 116 Å². The minimum atomic E-state index is -0.179. The Bertz CT molecular complexity index is 224. The van der Waals surface area contributed by atoms with Crippen LogP contribution in [0.25, 0.3) is 0 Å². The monoisotopic (exact) mass is 251 g/mol. The topological polar surface area (TPSA) is 35.2 Å². The first kappa shape index (κ1) is 18.0. The Kier molecular flexibility index (Phi) is 7.61. The van der Waals surface area contributed by atoms with Gasteiger partial charge in [-0.2, -0.15) is 0 Å². The van der Waals surface area contributed by atoms with E-state index in [-0.39, 0.29) is 11.0 Å². The molecule has 0 aliphatic carbocycles. The summed E-state index contributed by atoms with van der Waals surface area (Å²) in [6.45, 7) is 15.8. The fraction of sp³-hybridized carbons (Fsp3) is 1.00. The molecule has 1 atom stereocenters. The Hall–Kier alpha value is 0.0499. The van der Waals surface area contributed by atoms with Crippen LogP contribution in [0.3, 0.4) is 0 Å². The molecule has 0 aromatic rings. The van der Waals surface area contributed by atoms with Crippen LogP contribution in [0, 0.1) is 5.92 Å². The smallest absolute Gasteiger partial charge is 0.109 e. The van der Waals surface area contributed by atoms with Crippen LogP contribution in [0.1, 0.15) is 61.3 Å². The summed E-state index contributed by atoms with van der Waals surface area (Å²) in [5, 5.41) is 0. The number of nitrogens with two attached hydrogens (primary N) is 1. The summed E-state index contributed by atoms with van der Waals surface area (Å²) in [7, 11) is 4.40. The average molecular weight is 251 g/mol. The van der Waals surface area contributed by atoms with E-state index < -0.39 is 0 Å². The van der Waals surface area contributed by atoms with E-state index in [1.807, 2.05) is 0 Å². The zero-order chi connectivity index (χ0) is 14.4. The van der Waals surface area contributed by atoms with Crippen LogP contribution in [-0.2, 0) is 4.74 Å². The van der Waals surface area contributed by atoms with Crippen molar-refractivity contribution < 1.29 is 4.74 Å². The number of ether oxygens (including phenoxy) is 1. The molecule has 0 aliphatic heterocycles. The molecule has 0 aromatic heterocycles. The van der Waals surface area contributed by atoms with E-state index in [0.29, 0.717) is 11.7 Å². The molecule has 0 aliphatic rings. The van der Waals surface area contributed by atoms with Crippen LogP contribution in [0.2, 0.25) is 5.82 Å². The first-order chi connectivity index (χ1) is 8.02. The highest BCUT2D eigenvalue weighted by Crippen LogP contribution is 2.19. The van der Waals surface area contributed by atoms with Gasteiger partial charge >= 0.3 is 0 Å². The molecule has 0 saturated heterocycles. The minimum absolute atomic E-state index is 0.105. The zero-order valence-corrected chi connectivity index (χ0v) is 13.4. The lowest BCUT2D eigenvalue weighted by Crippen LogP contribution is -2.40. The van der Waals surface area contributed by atoms with E-state index in [4.69, 9.17) is 10.5 Å². The van der Waals surface area contributed by atoms with Crippen LogP contribution >= 0.6 is 0 Å². The van der Waals surface area contributed by atoms with Gasteiger partial charge in [-0.05, 0) is 46.5 Å². The van der Waals surface area contributed by atoms with Gasteiger partial charge in [-0.15, -0.1) is 0 Å². The first-order valence-electron chi connectivity index (χ1n) is 7.14. The normalized spacial score (nSPS) is 14.7. The minimum Gasteiger partial charge on any atom is -0.385 e. The summed E-state index contributed by atoms with van der Waals surface area (Å²) >= 11 is 0. The molecule has 0 spiro atoms. The Morgan fingerprint density at radius 1 is 1.11 bits per heavy atom. The van der Waals surface area contributed by atoms with Gasteiger partial charge in [0.1, 0.15) is 7.17 Å². The van der Waals surface area contributed by atoms with Crippen LogP contribution in [0.15, 0.2) is 0 Å². The number of hydrogen-bond donors (Lipinski definition) is 1. The summed E-state index contributed by atoms with van der Waals surface area (Å²) in [4.78, 5) is 0. The van der Waals surface area contributed by atoms with Gasteiger partial charge in [-0.1, -0.05) is 26.6 Å². The van der Waals surface area contributed by atoms with E-state index >= 15 is 0 Å². The van der Waals surface area contributed by atoms with E-state index in [0.717, 1.165) is 19.4 Å². The molecule has 0 heterocycles. The molecule has 2 N–H and O–H groups in total. The maximum absolute atomic E-state index is 6.02. The third-order valence-corrected chi connectivity index (χ3v) is 2.84. The predicted molar refractivity (Wildman–Crippen MR) is 83.3 cm³/mol. The molecule has 18 heavy (non-hydrogen) atoms. The highest BCUT2D eigenvalue weighted by Gasteiger charge is 2.23. The van der Waals surface area contributed by atoms with Crippen molar-refractivity contribution in [2.24, 2.45) is 11.7 Å². The molecule has 2 nitrogen and oxygen atoms in total. The first-order valence-corrected chi connectivity index (χ1v) is 7.14. The molecule has 0 bridgehead atoms. The second-order valence-corrected chi connectivity index (χ2v) is 7.16. The molecular formula is C14H31B2NO. The van der Waals surface area contributed by atoms with Crippen molar-refractivity contribution in [2.75, 3.05) is 6.61 Å². The summed E-state index contributed by atoms with van der Waals surface area (Å²) in [5.74, 6) is 1.18. The van der Waals surface area contributed by atoms with E-state index in [1.165, 1.54) is 0 Å². The third kappa shape index (κ3) is 11.2. The summed E-state index contributed by atoms with van der Waals surface area (Å²) in [6, 6.07) is 0. The van der Waals surface area contributed by atoms with E-state index in [1.54, 1.807) is 0 Å². The third-order valence-electron chi connectivity index (χ3n) is 2.84. The lowest BCUT2D eigenvalue weighted by atomic mass is 9.28. The van der Waals surface area contributed by atoms with Crippen molar-refractivity contribution >= 4 is 14.3 Å². The van der Waals surface area contributed by atoms with Crippen molar-refractivity contribution in [3.63, 3.8) is 0 Å². The van der Waals surface area contributed by atoms with E-state index in [2.05, 4.69) is 62.8 Å². The number of hydrogen-bond acceptors (Lipinski definition) is 2. The summed E-state index contributed by atoms with van der Waals surface area (Å²) in [6.07, 6.45) is 2.11. The largest absolute Gasteiger partial charge is 0.385 e. The van der Waals surface area contributed by atoms with Gasteiger partial charge in [0.2, 0.25) is 0 Å². The predicted octanol–water partition coefficient (Wildman–Crippen LogP) is 3.04. The van der Waals surface area contributed by atoms with Crippen molar-refractivity contribution in [2.45, 2.75) is 78.2 Å². The molecule has 4 heteroatoms. The van der Waals surface area contributed by atoms with Gasteiger partial charge in [0.25, 0.3) is 0 Å². The van der Waals surface area contributed by atoms with Gasteiger partial charge in [0, 0.05) is 17.6 Å². The second kappa shape index (κ2) is 7.59. The zero-order valence-electron chi connectivity index (χ0n) is 13.4. The molecule has 0 aromatic carbocycles. The van der Waals surface area contributed by atoms with Crippen molar-refractivity contribution in [3.05, 3.63) is 0 Å². The molecule has 0 fully saturated rings. The maximum atomic E-state index is 6.02. The summed E-state index contributed by atoms with van der Waals surface area (Å²) in [5.41, 5.74) is 5.74. The van der Waals surface area contributed by atoms with Crippen molar-refractivity contribution in [3.8, 4) is 0 Å². The van der Waals surface area contributed by atoms with Crippen LogP contribution in [-0.4, -0.2) is 32.0 Å². The Morgan fingerprint density at radius 2 is 1.67 bits per heavy atom. The standard InChI is InChI=1S/C14H31B2NO/c1-11(2)8-9-18-14(6,7)16-15-12(3)10-13(4,5)17/h11-12H,8-10,17H2,1-7H3. The lowest BCUT2D eigenvalue weighted by Gasteiger charge is -2.28. The Balaban J connectivity index is 3.88. The quantitative estimate of drug-likeness (QED) is 0.639. The van der Waals surface area contributed by atoms with Crippen LogP contribution in [0.5, 0.6) is 0 Å². The molecule has 1 unspecified atom stereocenters. The number of rotatable bonds is 9. The second-order valence-electron chi connectivity index (χ2n) is 7.16. The highest BCUT2D eigenvalue weighted by molar-refractivity contribution is 7.02. The Morgan fingerprint density at radius 3 is 2.11 bits per heavy atom.